The van der Waals surface area contributed by atoms with E-state index in [0.717, 1.165) is 12.8 Å². The van der Waals surface area contributed by atoms with Crippen molar-refractivity contribution in [2.24, 2.45) is 5.92 Å². The molecule has 4 atom stereocenters. The van der Waals surface area contributed by atoms with Crippen molar-refractivity contribution in [2.75, 3.05) is 6.54 Å². The quantitative estimate of drug-likeness (QED) is 0.647. The third kappa shape index (κ3) is 4.10. The highest BCUT2D eigenvalue weighted by atomic mass is 16.3. The minimum Gasteiger partial charge on any atom is -0.392 e. The second-order valence-corrected chi connectivity index (χ2v) is 5.01. The van der Waals surface area contributed by atoms with Crippen LogP contribution in [0.5, 0.6) is 0 Å². The highest BCUT2D eigenvalue weighted by molar-refractivity contribution is 5.82. The molecule has 0 spiro atoms. The van der Waals surface area contributed by atoms with Crippen molar-refractivity contribution in [2.45, 2.75) is 58.2 Å². The van der Waals surface area contributed by atoms with Gasteiger partial charge in [-0.2, -0.15) is 0 Å². The minimum absolute atomic E-state index is 0.0207. The van der Waals surface area contributed by atoms with E-state index < -0.39 is 0 Å². The van der Waals surface area contributed by atoms with E-state index >= 15 is 0 Å². The van der Waals surface area contributed by atoms with Crippen molar-refractivity contribution < 1.29 is 9.90 Å². The van der Waals surface area contributed by atoms with Crippen LogP contribution in [-0.2, 0) is 4.79 Å². The van der Waals surface area contributed by atoms with Gasteiger partial charge in [-0.15, -0.1) is 0 Å². The Morgan fingerprint density at radius 1 is 1.56 bits per heavy atom. The van der Waals surface area contributed by atoms with E-state index in [9.17, 15) is 9.90 Å². The first-order valence-corrected chi connectivity index (χ1v) is 6.24. The van der Waals surface area contributed by atoms with Gasteiger partial charge in [0.05, 0.1) is 12.1 Å². The number of carbonyl (C=O) groups excluding carboxylic acids is 1. The van der Waals surface area contributed by atoms with Crippen LogP contribution in [0.1, 0.15) is 40.0 Å². The van der Waals surface area contributed by atoms with Gasteiger partial charge in [0.25, 0.3) is 0 Å². The summed E-state index contributed by atoms with van der Waals surface area (Å²) in [6.45, 7) is 6.92. The van der Waals surface area contributed by atoms with Gasteiger partial charge in [-0.1, -0.05) is 20.3 Å². The van der Waals surface area contributed by atoms with Crippen LogP contribution in [0.3, 0.4) is 0 Å². The summed E-state index contributed by atoms with van der Waals surface area (Å²) in [5.74, 6) is 0.657. The van der Waals surface area contributed by atoms with Crippen molar-refractivity contribution >= 4 is 5.91 Å². The van der Waals surface area contributed by atoms with Crippen molar-refractivity contribution in [3.05, 3.63) is 0 Å². The van der Waals surface area contributed by atoms with Crippen LogP contribution in [0.2, 0.25) is 0 Å². The van der Waals surface area contributed by atoms with E-state index in [1.165, 1.54) is 0 Å². The lowest BCUT2D eigenvalue weighted by Crippen LogP contribution is -2.44. The minimum atomic E-state index is -0.374. The molecule has 4 unspecified atom stereocenters. The number of amides is 1. The van der Waals surface area contributed by atoms with E-state index in [0.29, 0.717) is 18.9 Å². The van der Waals surface area contributed by atoms with Gasteiger partial charge in [-0.3, -0.25) is 4.79 Å². The molecule has 1 saturated heterocycles. The first kappa shape index (κ1) is 13.5. The second kappa shape index (κ2) is 6.21. The molecule has 3 N–H and O–H groups in total. The normalized spacial score (nSPS) is 28.8. The van der Waals surface area contributed by atoms with Crippen LogP contribution in [0.15, 0.2) is 0 Å². The fourth-order valence-corrected chi connectivity index (χ4v) is 2.09. The van der Waals surface area contributed by atoms with Crippen molar-refractivity contribution in [1.82, 2.24) is 10.6 Å². The second-order valence-electron chi connectivity index (χ2n) is 5.01. The van der Waals surface area contributed by atoms with Gasteiger partial charge < -0.3 is 15.7 Å². The average Bonchev–Trinajstić information content (AvgIpc) is 2.64. The highest BCUT2D eigenvalue weighted by Gasteiger charge is 2.28. The molecule has 1 rings (SSSR count). The Bertz CT molecular complexity index is 233. The fourth-order valence-electron chi connectivity index (χ4n) is 2.09. The molecule has 0 aromatic heterocycles. The number of hydrogen-bond acceptors (Lipinski definition) is 3. The van der Waals surface area contributed by atoms with Gasteiger partial charge in [0.15, 0.2) is 0 Å². The maximum Gasteiger partial charge on any atom is 0.237 e. The van der Waals surface area contributed by atoms with Crippen molar-refractivity contribution in [3.8, 4) is 0 Å². The first-order valence-electron chi connectivity index (χ1n) is 6.24. The maximum atomic E-state index is 11.8. The molecule has 1 aliphatic heterocycles. The van der Waals surface area contributed by atoms with Crippen LogP contribution in [0.4, 0.5) is 0 Å². The summed E-state index contributed by atoms with van der Waals surface area (Å²) in [5, 5.41) is 15.3. The lowest BCUT2D eigenvalue weighted by molar-refractivity contribution is -0.123. The van der Waals surface area contributed by atoms with Gasteiger partial charge in [0, 0.05) is 12.6 Å². The largest absolute Gasteiger partial charge is 0.392 e. The van der Waals surface area contributed by atoms with Gasteiger partial charge in [0.1, 0.15) is 0 Å². The molecule has 1 fully saturated rings. The molecule has 94 valence electrons. The lowest BCUT2D eigenvalue weighted by Gasteiger charge is -2.19. The summed E-state index contributed by atoms with van der Waals surface area (Å²) in [5.41, 5.74) is 0. The number of β-amino-alcohol motifs (C(OH)–C–C–N with tert-alkyl or cyclic N) is 1. The zero-order valence-electron chi connectivity index (χ0n) is 10.5. The number of rotatable bonds is 5. The number of carbonyl (C=O) groups is 1. The molecule has 16 heavy (non-hydrogen) atoms. The Morgan fingerprint density at radius 2 is 2.25 bits per heavy atom. The first-order chi connectivity index (χ1) is 7.52. The summed E-state index contributed by atoms with van der Waals surface area (Å²) in [6, 6.07) is -0.00336. The van der Waals surface area contributed by atoms with E-state index in [-0.39, 0.29) is 24.1 Å². The van der Waals surface area contributed by atoms with Gasteiger partial charge in [-0.25, -0.2) is 0 Å². The summed E-state index contributed by atoms with van der Waals surface area (Å²) in [7, 11) is 0. The van der Waals surface area contributed by atoms with E-state index in [2.05, 4.69) is 24.5 Å². The Labute approximate surface area is 97.8 Å². The molecule has 0 bridgehead atoms. The Hall–Kier alpha value is -0.610. The van der Waals surface area contributed by atoms with Crippen LogP contribution >= 0.6 is 0 Å². The zero-order chi connectivity index (χ0) is 12.1. The Morgan fingerprint density at radius 3 is 2.75 bits per heavy atom. The standard InChI is InChI=1S/C12H24N2O2/c1-4-8(2)5-9(3)14-12(16)11-6-10(15)7-13-11/h8-11,13,15H,4-7H2,1-3H3,(H,14,16). The summed E-state index contributed by atoms with van der Waals surface area (Å²) in [4.78, 5) is 11.8. The third-order valence-electron chi connectivity index (χ3n) is 3.27. The molecular formula is C12H24N2O2. The molecule has 0 aromatic rings. The van der Waals surface area contributed by atoms with Gasteiger partial charge in [-0.05, 0) is 25.7 Å². The zero-order valence-corrected chi connectivity index (χ0v) is 10.5. The molecule has 4 heteroatoms. The lowest BCUT2D eigenvalue weighted by atomic mass is 10.00. The topological polar surface area (TPSA) is 61.4 Å². The number of aliphatic hydroxyl groups is 1. The van der Waals surface area contributed by atoms with Crippen molar-refractivity contribution in [1.29, 1.82) is 0 Å². The Balaban J connectivity index is 2.28. The molecule has 0 radical (unpaired) electrons. The van der Waals surface area contributed by atoms with Crippen LogP contribution in [0, 0.1) is 5.92 Å². The molecule has 0 saturated carbocycles. The Kier molecular flexibility index (Phi) is 5.22. The molecule has 1 heterocycles. The summed E-state index contributed by atoms with van der Waals surface area (Å²) >= 11 is 0. The van der Waals surface area contributed by atoms with Crippen LogP contribution in [-0.4, -0.2) is 35.7 Å². The number of aliphatic hydroxyl groups excluding tert-OH is 1. The molecule has 1 amide bonds. The maximum absolute atomic E-state index is 11.8. The molecule has 4 nitrogen and oxygen atoms in total. The number of hydrogen-bond donors (Lipinski definition) is 3. The van der Waals surface area contributed by atoms with E-state index in [4.69, 9.17) is 0 Å². The number of nitrogens with one attached hydrogen (secondary N) is 2. The van der Waals surface area contributed by atoms with Gasteiger partial charge in [0.2, 0.25) is 5.91 Å². The van der Waals surface area contributed by atoms with Gasteiger partial charge >= 0.3 is 0 Å². The predicted molar refractivity (Wildman–Crippen MR) is 64.1 cm³/mol. The molecular weight excluding hydrogens is 204 g/mol. The monoisotopic (exact) mass is 228 g/mol. The van der Waals surface area contributed by atoms with Crippen LogP contribution < -0.4 is 10.6 Å². The summed E-state index contributed by atoms with van der Waals surface area (Å²) < 4.78 is 0. The molecule has 0 aliphatic carbocycles. The summed E-state index contributed by atoms with van der Waals surface area (Å²) in [6.07, 6.45) is 2.31. The SMILES string of the molecule is CCC(C)CC(C)NC(=O)C1CC(O)CN1. The third-order valence-corrected chi connectivity index (χ3v) is 3.27. The average molecular weight is 228 g/mol. The molecule has 0 aromatic carbocycles. The predicted octanol–water partition coefficient (Wildman–Crippen LogP) is 0.650. The van der Waals surface area contributed by atoms with Crippen molar-refractivity contribution in [3.63, 3.8) is 0 Å². The van der Waals surface area contributed by atoms with Crippen LogP contribution in [0.25, 0.3) is 0 Å². The fraction of sp³-hybridized carbons (Fsp3) is 0.917. The van der Waals surface area contributed by atoms with E-state index in [1.54, 1.807) is 0 Å². The molecule has 1 aliphatic rings. The smallest absolute Gasteiger partial charge is 0.237 e. The van der Waals surface area contributed by atoms with E-state index in [1.807, 2.05) is 6.92 Å². The highest BCUT2D eigenvalue weighted by Crippen LogP contribution is 2.11.